The number of rotatable bonds is 6. The van der Waals surface area contributed by atoms with E-state index in [2.05, 4.69) is 20.9 Å². The summed E-state index contributed by atoms with van der Waals surface area (Å²) in [6.07, 6.45) is 6.09. The molecule has 2 rings (SSSR count). The lowest BCUT2D eigenvalue weighted by molar-refractivity contribution is -0.121. The van der Waals surface area contributed by atoms with Gasteiger partial charge in [0, 0.05) is 32.6 Å². The normalized spacial score (nSPS) is 24.6. The van der Waals surface area contributed by atoms with Crippen LogP contribution in [-0.2, 0) is 14.6 Å². The van der Waals surface area contributed by atoms with Crippen LogP contribution in [0.5, 0.6) is 0 Å². The number of nitrogens with zero attached hydrogens (tertiary/aromatic N) is 1. The predicted octanol–water partition coefficient (Wildman–Crippen LogP) is 0.0350. The molecule has 0 aromatic carbocycles. The number of guanidine groups is 1. The Morgan fingerprint density at radius 3 is 2.43 bits per heavy atom. The van der Waals surface area contributed by atoms with Crippen LogP contribution >= 0.6 is 0 Å². The van der Waals surface area contributed by atoms with Crippen LogP contribution in [-0.4, -0.2) is 58.0 Å². The minimum atomic E-state index is -2.90. The number of hydrogen-bond donors (Lipinski definition) is 3. The molecule has 0 radical (unpaired) electrons. The minimum absolute atomic E-state index is 0.0804. The number of amides is 1. The van der Waals surface area contributed by atoms with Gasteiger partial charge in [-0.3, -0.25) is 9.79 Å². The first-order valence-electron chi connectivity index (χ1n) is 8.43. The molecule has 1 amide bonds. The predicted molar refractivity (Wildman–Crippen MR) is 91.1 cm³/mol. The second-order valence-electron chi connectivity index (χ2n) is 6.45. The lowest BCUT2D eigenvalue weighted by Crippen LogP contribution is -2.46. The van der Waals surface area contributed by atoms with Gasteiger partial charge in [-0.15, -0.1) is 0 Å². The van der Waals surface area contributed by atoms with Crippen LogP contribution in [0, 0.1) is 5.92 Å². The average molecular weight is 344 g/mol. The molecule has 0 aromatic heterocycles. The molecule has 2 fully saturated rings. The Hall–Kier alpha value is -1.31. The quantitative estimate of drug-likeness (QED) is 0.359. The van der Waals surface area contributed by atoms with Crippen molar-refractivity contribution in [3.63, 3.8) is 0 Å². The van der Waals surface area contributed by atoms with Crippen LogP contribution in [0.4, 0.5) is 0 Å². The zero-order valence-corrected chi connectivity index (χ0v) is 14.6. The maximum Gasteiger partial charge on any atom is 0.220 e. The second-order valence-corrected chi connectivity index (χ2v) is 8.68. The molecule has 23 heavy (non-hydrogen) atoms. The fourth-order valence-corrected chi connectivity index (χ4v) is 4.90. The van der Waals surface area contributed by atoms with Crippen LogP contribution in [0.1, 0.15) is 38.5 Å². The van der Waals surface area contributed by atoms with Crippen LogP contribution in [0.25, 0.3) is 0 Å². The fourth-order valence-electron chi connectivity index (χ4n) is 3.23. The van der Waals surface area contributed by atoms with Gasteiger partial charge >= 0.3 is 0 Å². The molecule has 0 aromatic rings. The summed E-state index contributed by atoms with van der Waals surface area (Å²) in [5.74, 6) is 1.65. The first kappa shape index (κ1) is 18.0. The highest BCUT2D eigenvalue weighted by atomic mass is 32.2. The molecule has 1 heterocycles. The standard InChI is InChI=1S/C15H28N4O3S/c1-16-15(19-13-6-9-23(21,22)11-13)18-8-7-17-14(20)10-12-4-2-3-5-12/h12-13H,2-11H2,1H3,(H,17,20)(H2,16,18,19). The Bertz CT molecular complexity index is 527. The Labute approximate surface area is 138 Å². The van der Waals surface area contributed by atoms with Gasteiger partial charge in [-0.25, -0.2) is 8.42 Å². The number of aliphatic imine (C=N–C) groups is 1. The molecule has 0 spiro atoms. The number of carbonyl (C=O) groups is 1. The first-order chi connectivity index (χ1) is 11.0. The Kier molecular flexibility index (Phi) is 6.68. The van der Waals surface area contributed by atoms with Crippen molar-refractivity contribution in [2.45, 2.75) is 44.6 Å². The van der Waals surface area contributed by atoms with Crippen molar-refractivity contribution in [1.29, 1.82) is 0 Å². The van der Waals surface area contributed by atoms with E-state index in [1.165, 1.54) is 25.7 Å². The third-order valence-corrected chi connectivity index (χ3v) is 6.25. The van der Waals surface area contributed by atoms with Crippen molar-refractivity contribution in [2.24, 2.45) is 10.9 Å². The van der Waals surface area contributed by atoms with Crippen LogP contribution < -0.4 is 16.0 Å². The highest BCUT2D eigenvalue weighted by Gasteiger charge is 2.28. The summed E-state index contributed by atoms with van der Waals surface area (Å²) >= 11 is 0. The van der Waals surface area contributed by atoms with Crippen LogP contribution in [0.2, 0.25) is 0 Å². The Morgan fingerprint density at radius 1 is 1.13 bits per heavy atom. The largest absolute Gasteiger partial charge is 0.355 e. The summed E-state index contributed by atoms with van der Waals surface area (Å²) in [6, 6.07) is -0.0804. The van der Waals surface area contributed by atoms with E-state index in [9.17, 15) is 13.2 Å². The number of nitrogens with one attached hydrogen (secondary N) is 3. The van der Waals surface area contributed by atoms with Crippen molar-refractivity contribution in [3.05, 3.63) is 0 Å². The summed E-state index contributed by atoms with van der Waals surface area (Å²) in [5, 5.41) is 9.13. The monoisotopic (exact) mass is 344 g/mol. The lowest BCUT2D eigenvalue weighted by atomic mass is 10.0. The average Bonchev–Trinajstić information content (AvgIpc) is 3.11. The van der Waals surface area contributed by atoms with Crippen molar-refractivity contribution in [3.8, 4) is 0 Å². The minimum Gasteiger partial charge on any atom is -0.355 e. The Balaban J connectivity index is 1.59. The summed E-state index contributed by atoms with van der Waals surface area (Å²) in [4.78, 5) is 15.9. The van der Waals surface area contributed by atoms with E-state index in [-0.39, 0.29) is 23.5 Å². The van der Waals surface area contributed by atoms with Gasteiger partial charge in [-0.05, 0) is 25.2 Å². The molecule has 1 unspecified atom stereocenters. The maximum atomic E-state index is 11.8. The summed E-state index contributed by atoms with van der Waals surface area (Å²) < 4.78 is 22.9. The molecule has 8 heteroatoms. The van der Waals surface area contributed by atoms with Gasteiger partial charge in [0.25, 0.3) is 0 Å². The van der Waals surface area contributed by atoms with E-state index < -0.39 is 9.84 Å². The highest BCUT2D eigenvalue weighted by molar-refractivity contribution is 7.91. The molecular formula is C15H28N4O3S. The van der Waals surface area contributed by atoms with Crippen LogP contribution in [0.3, 0.4) is 0 Å². The molecule has 1 aliphatic heterocycles. The zero-order chi connectivity index (χ0) is 16.7. The van der Waals surface area contributed by atoms with Gasteiger partial charge in [-0.2, -0.15) is 0 Å². The number of sulfone groups is 1. The summed E-state index contributed by atoms with van der Waals surface area (Å²) in [6.45, 7) is 1.10. The highest BCUT2D eigenvalue weighted by Crippen LogP contribution is 2.27. The molecular weight excluding hydrogens is 316 g/mol. The molecule has 7 nitrogen and oxygen atoms in total. The number of hydrogen-bond acceptors (Lipinski definition) is 4. The van der Waals surface area contributed by atoms with Gasteiger partial charge < -0.3 is 16.0 Å². The van der Waals surface area contributed by atoms with Crippen molar-refractivity contribution < 1.29 is 13.2 Å². The smallest absolute Gasteiger partial charge is 0.220 e. The molecule has 3 N–H and O–H groups in total. The van der Waals surface area contributed by atoms with E-state index in [0.717, 1.165) is 0 Å². The van der Waals surface area contributed by atoms with Crippen molar-refractivity contribution >= 4 is 21.7 Å². The van der Waals surface area contributed by atoms with Gasteiger partial charge in [-0.1, -0.05) is 12.8 Å². The number of carbonyl (C=O) groups excluding carboxylic acids is 1. The summed E-state index contributed by atoms with van der Waals surface area (Å²) in [5.41, 5.74) is 0. The molecule has 2 aliphatic rings. The third kappa shape index (κ3) is 6.37. The van der Waals surface area contributed by atoms with Gasteiger partial charge in [0.1, 0.15) is 0 Å². The molecule has 1 atom stereocenters. The molecule has 0 bridgehead atoms. The maximum absolute atomic E-state index is 11.8. The van der Waals surface area contributed by atoms with Crippen molar-refractivity contribution in [2.75, 3.05) is 31.6 Å². The third-order valence-electron chi connectivity index (χ3n) is 4.49. The van der Waals surface area contributed by atoms with Gasteiger partial charge in [0.05, 0.1) is 11.5 Å². The van der Waals surface area contributed by atoms with E-state index in [1.807, 2.05) is 0 Å². The molecule has 1 aliphatic carbocycles. The SMILES string of the molecule is CN=C(NCCNC(=O)CC1CCCC1)NC1CCS(=O)(=O)C1. The molecule has 132 valence electrons. The van der Waals surface area contributed by atoms with E-state index in [1.54, 1.807) is 7.05 Å². The molecule has 1 saturated carbocycles. The first-order valence-corrected chi connectivity index (χ1v) is 10.2. The fraction of sp³-hybridized carbons (Fsp3) is 0.867. The molecule has 1 saturated heterocycles. The summed E-state index contributed by atoms with van der Waals surface area (Å²) in [7, 11) is -1.25. The van der Waals surface area contributed by atoms with Gasteiger partial charge in [0.15, 0.2) is 15.8 Å². The Morgan fingerprint density at radius 2 is 1.83 bits per heavy atom. The zero-order valence-electron chi connectivity index (χ0n) is 13.8. The lowest BCUT2D eigenvalue weighted by Gasteiger charge is -2.16. The van der Waals surface area contributed by atoms with E-state index >= 15 is 0 Å². The van der Waals surface area contributed by atoms with E-state index in [4.69, 9.17) is 0 Å². The topological polar surface area (TPSA) is 99.7 Å². The second kappa shape index (κ2) is 8.52. The van der Waals surface area contributed by atoms with Crippen LogP contribution in [0.15, 0.2) is 4.99 Å². The van der Waals surface area contributed by atoms with Crippen molar-refractivity contribution in [1.82, 2.24) is 16.0 Å². The van der Waals surface area contributed by atoms with E-state index in [0.29, 0.717) is 37.8 Å². The van der Waals surface area contributed by atoms with Gasteiger partial charge in [0.2, 0.25) is 5.91 Å².